The minimum atomic E-state index is 0.497. The molecule has 15 heavy (non-hydrogen) atoms. The second kappa shape index (κ2) is 7.20. The highest BCUT2D eigenvalue weighted by molar-refractivity contribution is 4.83. The molecule has 0 aromatic heterocycles. The zero-order chi connectivity index (χ0) is 11.1. The predicted octanol–water partition coefficient (Wildman–Crippen LogP) is 2.07. The van der Waals surface area contributed by atoms with Gasteiger partial charge in [-0.25, -0.2) is 0 Å². The van der Waals surface area contributed by atoms with E-state index in [4.69, 9.17) is 10.6 Å². The number of nitrogens with one attached hydrogen (secondary N) is 1. The number of hydrogen-bond donors (Lipinski definition) is 2. The average molecular weight is 214 g/mol. The minimum Gasteiger partial charge on any atom is -0.385 e. The Hall–Kier alpha value is -0.120. The zero-order valence-corrected chi connectivity index (χ0v) is 10.2. The Labute approximate surface area is 93.7 Å². The summed E-state index contributed by atoms with van der Waals surface area (Å²) in [6.45, 7) is 3.14. The van der Waals surface area contributed by atoms with Gasteiger partial charge in [-0.2, -0.15) is 0 Å². The number of methoxy groups -OCH3 is 1. The van der Waals surface area contributed by atoms with Gasteiger partial charge in [-0.3, -0.25) is 11.3 Å². The van der Waals surface area contributed by atoms with Crippen molar-refractivity contribution in [2.45, 2.75) is 51.5 Å². The van der Waals surface area contributed by atoms with Crippen LogP contribution < -0.4 is 11.3 Å². The summed E-state index contributed by atoms with van der Waals surface area (Å²) in [7, 11) is 1.76. The second-order valence-electron chi connectivity index (χ2n) is 4.76. The lowest BCUT2D eigenvalue weighted by atomic mass is 9.93. The smallest absolute Gasteiger partial charge is 0.0462 e. The van der Waals surface area contributed by atoms with E-state index in [-0.39, 0.29) is 0 Å². The molecule has 0 heterocycles. The van der Waals surface area contributed by atoms with Crippen molar-refractivity contribution in [1.82, 2.24) is 5.43 Å². The Bertz CT molecular complexity index is 164. The first-order valence-electron chi connectivity index (χ1n) is 6.26. The molecule has 1 aliphatic rings. The van der Waals surface area contributed by atoms with E-state index >= 15 is 0 Å². The van der Waals surface area contributed by atoms with E-state index < -0.39 is 0 Å². The first-order chi connectivity index (χ1) is 7.31. The van der Waals surface area contributed by atoms with Crippen LogP contribution in [0.4, 0.5) is 0 Å². The van der Waals surface area contributed by atoms with Crippen LogP contribution in [0, 0.1) is 11.8 Å². The lowest BCUT2D eigenvalue weighted by molar-refractivity contribution is 0.183. The molecule has 0 radical (unpaired) electrons. The molecule has 3 nitrogen and oxygen atoms in total. The second-order valence-corrected chi connectivity index (χ2v) is 4.76. The molecule has 90 valence electrons. The molecular weight excluding hydrogens is 188 g/mol. The van der Waals surface area contributed by atoms with Gasteiger partial charge in [-0.1, -0.05) is 19.8 Å². The molecule has 0 saturated heterocycles. The molecule has 0 spiro atoms. The van der Waals surface area contributed by atoms with Crippen LogP contribution in [0.25, 0.3) is 0 Å². The molecule has 3 unspecified atom stereocenters. The van der Waals surface area contributed by atoms with Crippen LogP contribution >= 0.6 is 0 Å². The molecule has 1 rings (SSSR count). The average Bonchev–Trinajstić information content (AvgIpc) is 2.73. The number of hydrazine groups is 1. The summed E-state index contributed by atoms with van der Waals surface area (Å²) in [4.78, 5) is 0. The van der Waals surface area contributed by atoms with E-state index in [0.29, 0.717) is 6.04 Å². The molecule has 0 amide bonds. The molecular formula is C12H26N2O. The highest BCUT2D eigenvalue weighted by atomic mass is 16.5. The molecule has 1 fully saturated rings. The fraction of sp³-hybridized carbons (Fsp3) is 1.00. The lowest BCUT2D eigenvalue weighted by Crippen LogP contribution is -2.40. The summed E-state index contributed by atoms with van der Waals surface area (Å²) in [6.07, 6.45) is 7.68. The van der Waals surface area contributed by atoms with Gasteiger partial charge < -0.3 is 4.74 Å². The van der Waals surface area contributed by atoms with E-state index in [9.17, 15) is 0 Å². The Morgan fingerprint density at radius 2 is 2.27 bits per heavy atom. The van der Waals surface area contributed by atoms with Crippen LogP contribution in [0.2, 0.25) is 0 Å². The molecule has 1 aliphatic carbocycles. The molecule has 3 heteroatoms. The van der Waals surface area contributed by atoms with Gasteiger partial charge in [-0.05, 0) is 37.5 Å². The summed E-state index contributed by atoms with van der Waals surface area (Å²) in [5.41, 5.74) is 2.99. The molecule has 3 atom stereocenters. The van der Waals surface area contributed by atoms with Crippen LogP contribution in [0.3, 0.4) is 0 Å². The third-order valence-corrected chi connectivity index (χ3v) is 3.81. The number of nitrogens with two attached hydrogens (primary N) is 1. The third kappa shape index (κ3) is 4.09. The van der Waals surface area contributed by atoms with Crippen LogP contribution in [-0.4, -0.2) is 19.8 Å². The summed E-state index contributed by atoms with van der Waals surface area (Å²) in [5, 5.41) is 0. The van der Waals surface area contributed by atoms with Crippen molar-refractivity contribution in [2.24, 2.45) is 17.7 Å². The first kappa shape index (κ1) is 12.9. The van der Waals surface area contributed by atoms with E-state index in [1.54, 1.807) is 7.11 Å². The Morgan fingerprint density at radius 3 is 2.80 bits per heavy atom. The standard InChI is InChI=1S/C12H26N2O/c1-3-10-6-7-11(9-10)12(14-13)5-4-8-15-2/h10-12,14H,3-9,13H2,1-2H3. The summed E-state index contributed by atoms with van der Waals surface area (Å²) < 4.78 is 5.07. The van der Waals surface area contributed by atoms with Crippen molar-refractivity contribution in [3.63, 3.8) is 0 Å². The van der Waals surface area contributed by atoms with Gasteiger partial charge in [0.05, 0.1) is 0 Å². The van der Waals surface area contributed by atoms with Crippen LogP contribution in [0.15, 0.2) is 0 Å². The van der Waals surface area contributed by atoms with Gasteiger partial charge in [0.25, 0.3) is 0 Å². The third-order valence-electron chi connectivity index (χ3n) is 3.81. The Balaban J connectivity index is 2.25. The normalized spacial score (nSPS) is 28.2. The lowest BCUT2D eigenvalue weighted by Gasteiger charge is -2.22. The van der Waals surface area contributed by atoms with Gasteiger partial charge in [0.2, 0.25) is 0 Å². The Morgan fingerprint density at radius 1 is 1.47 bits per heavy atom. The largest absolute Gasteiger partial charge is 0.385 e. The number of ether oxygens (including phenoxy) is 1. The van der Waals surface area contributed by atoms with Gasteiger partial charge in [0.15, 0.2) is 0 Å². The fourth-order valence-electron chi connectivity index (χ4n) is 2.75. The van der Waals surface area contributed by atoms with Crippen molar-refractivity contribution >= 4 is 0 Å². The maximum Gasteiger partial charge on any atom is 0.0462 e. The summed E-state index contributed by atoms with van der Waals surface area (Å²) in [6, 6.07) is 0.497. The van der Waals surface area contributed by atoms with Crippen LogP contribution in [0.1, 0.15) is 45.4 Å². The van der Waals surface area contributed by atoms with E-state index in [1.807, 2.05) is 0 Å². The van der Waals surface area contributed by atoms with Crippen molar-refractivity contribution in [1.29, 1.82) is 0 Å². The highest BCUT2D eigenvalue weighted by Crippen LogP contribution is 2.35. The first-order valence-corrected chi connectivity index (χ1v) is 6.26. The van der Waals surface area contributed by atoms with Crippen LogP contribution in [-0.2, 0) is 4.74 Å². The van der Waals surface area contributed by atoms with Crippen molar-refractivity contribution < 1.29 is 4.74 Å². The molecule has 1 saturated carbocycles. The number of rotatable bonds is 7. The van der Waals surface area contributed by atoms with Crippen LogP contribution in [0.5, 0.6) is 0 Å². The molecule has 0 aromatic carbocycles. The van der Waals surface area contributed by atoms with Crippen molar-refractivity contribution in [3.05, 3.63) is 0 Å². The predicted molar refractivity (Wildman–Crippen MR) is 63.3 cm³/mol. The summed E-state index contributed by atoms with van der Waals surface area (Å²) >= 11 is 0. The van der Waals surface area contributed by atoms with Crippen molar-refractivity contribution in [3.8, 4) is 0 Å². The molecule has 3 N–H and O–H groups in total. The van der Waals surface area contributed by atoms with Gasteiger partial charge in [0, 0.05) is 19.8 Å². The van der Waals surface area contributed by atoms with Crippen molar-refractivity contribution in [2.75, 3.05) is 13.7 Å². The monoisotopic (exact) mass is 214 g/mol. The molecule has 0 bridgehead atoms. The fourth-order valence-corrected chi connectivity index (χ4v) is 2.75. The zero-order valence-electron chi connectivity index (χ0n) is 10.2. The van der Waals surface area contributed by atoms with Gasteiger partial charge >= 0.3 is 0 Å². The maximum atomic E-state index is 5.63. The SMILES string of the molecule is CCC1CCC(C(CCCOC)NN)C1. The number of hydrogen-bond acceptors (Lipinski definition) is 3. The minimum absolute atomic E-state index is 0.497. The van der Waals surface area contributed by atoms with E-state index in [1.165, 1.54) is 25.7 Å². The quantitative estimate of drug-likeness (QED) is 0.387. The van der Waals surface area contributed by atoms with E-state index in [2.05, 4.69) is 12.3 Å². The Kier molecular flexibility index (Phi) is 6.22. The summed E-state index contributed by atoms with van der Waals surface area (Å²) in [5.74, 6) is 7.36. The highest BCUT2D eigenvalue weighted by Gasteiger charge is 2.28. The maximum absolute atomic E-state index is 5.63. The van der Waals surface area contributed by atoms with Gasteiger partial charge in [-0.15, -0.1) is 0 Å². The molecule has 0 aromatic rings. The van der Waals surface area contributed by atoms with Gasteiger partial charge in [0.1, 0.15) is 0 Å². The topological polar surface area (TPSA) is 47.3 Å². The van der Waals surface area contributed by atoms with E-state index in [0.717, 1.165) is 31.3 Å². The molecule has 0 aliphatic heterocycles.